The second-order valence-corrected chi connectivity index (χ2v) is 9.89. The largest absolute Gasteiger partial charge is 0.339 e. The van der Waals surface area contributed by atoms with Gasteiger partial charge in [0.15, 0.2) is 0 Å². The molecule has 3 unspecified atom stereocenters. The van der Waals surface area contributed by atoms with E-state index in [9.17, 15) is 4.79 Å². The van der Waals surface area contributed by atoms with Crippen LogP contribution in [0.15, 0.2) is 30.3 Å². The van der Waals surface area contributed by atoms with E-state index in [4.69, 9.17) is 0 Å². The third kappa shape index (κ3) is 3.48. The Morgan fingerprint density at radius 1 is 1.16 bits per heavy atom. The van der Waals surface area contributed by atoms with E-state index in [0.29, 0.717) is 22.8 Å². The smallest absolute Gasteiger partial charge is 0.227 e. The van der Waals surface area contributed by atoms with E-state index in [1.54, 1.807) is 0 Å². The molecule has 1 aromatic rings. The van der Waals surface area contributed by atoms with Crippen molar-refractivity contribution in [1.82, 2.24) is 9.80 Å². The quantitative estimate of drug-likeness (QED) is 0.832. The average Bonchev–Trinajstić information content (AvgIpc) is 3.09. The first-order valence-electron chi connectivity index (χ1n) is 9.90. The molecule has 0 N–H and O–H groups in total. The fourth-order valence-corrected chi connectivity index (χ4v) is 5.97. The van der Waals surface area contributed by atoms with Crippen molar-refractivity contribution in [2.45, 2.75) is 59.0 Å². The molecule has 4 rings (SSSR count). The maximum absolute atomic E-state index is 13.2. The molecule has 1 saturated carbocycles. The van der Waals surface area contributed by atoms with E-state index < -0.39 is 0 Å². The van der Waals surface area contributed by atoms with E-state index in [1.165, 1.54) is 24.8 Å². The number of nitrogens with zero attached hydrogens (tertiary/aromatic N) is 2. The predicted octanol–water partition coefficient (Wildman–Crippen LogP) is 3.94. The molecule has 0 radical (unpaired) electrons. The molecule has 2 bridgehead atoms. The number of benzene rings is 1. The summed E-state index contributed by atoms with van der Waals surface area (Å²) >= 11 is 0. The van der Waals surface area contributed by atoms with Gasteiger partial charge in [0.25, 0.3) is 0 Å². The maximum atomic E-state index is 13.2. The Morgan fingerprint density at radius 3 is 2.68 bits per heavy atom. The minimum Gasteiger partial charge on any atom is -0.339 e. The summed E-state index contributed by atoms with van der Waals surface area (Å²) in [4.78, 5) is 18.0. The molecular formula is C22H32N2O. The van der Waals surface area contributed by atoms with Crippen molar-refractivity contribution in [2.24, 2.45) is 16.7 Å². The van der Waals surface area contributed by atoms with Gasteiger partial charge in [-0.05, 0) is 48.6 Å². The van der Waals surface area contributed by atoms with Gasteiger partial charge in [0.1, 0.15) is 0 Å². The topological polar surface area (TPSA) is 23.6 Å². The highest BCUT2D eigenvalue weighted by Gasteiger charge is 2.51. The molecule has 3 heteroatoms. The number of hydrogen-bond donors (Lipinski definition) is 0. The van der Waals surface area contributed by atoms with Gasteiger partial charge in [-0.1, -0.05) is 51.1 Å². The third-order valence-corrected chi connectivity index (χ3v) is 6.57. The van der Waals surface area contributed by atoms with Gasteiger partial charge in [0, 0.05) is 25.7 Å². The first kappa shape index (κ1) is 17.1. The fraction of sp³-hybridized carbons (Fsp3) is 0.682. The molecule has 2 saturated heterocycles. The average molecular weight is 341 g/mol. The van der Waals surface area contributed by atoms with Crippen LogP contribution in [0, 0.1) is 16.7 Å². The third-order valence-electron chi connectivity index (χ3n) is 6.57. The lowest BCUT2D eigenvalue weighted by molar-refractivity contribution is -0.136. The summed E-state index contributed by atoms with van der Waals surface area (Å²) in [5.41, 5.74) is 2.06. The zero-order valence-corrected chi connectivity index (χ0v) is 16.0. The van der Waals surface area contributed by atoms with Gasteiger partial charge in [0.05, 0.1) is 5.92 Å². The predicted molar refractivity (Wildman–Crippen MR) is 101 cm³/mol. The molecule has 3 aliphatic rings. The molecule has 25 heavy (non-hydrogen) atoms. The van der Waals surface area contributed by atoms with Crippen molar-refractivity contribution in [3.05, 3.63) is 35.9 Å². The van der Waals surface area contributed by atoms with Crippen molar-refractivity contribution < 1.29 is 4.79 Å². The van der Waals surface area contributed by atoms with Crippen molar-refractivity contribution in [1.29, 1.82) is 0 Å². The Morgan fingerprint density at radius 2 is 1.92 bits per heavy atom. The van der Waals surface area contributed by atoms with Crippen LogP contribution in [0.2, 0.25) is 0 Å². The molecule has 0 aromatic heterocycles. The Labute approximate surface area is 152 Å². The molecule has 3 atom stereocenters. The van der Waals surface area contributed by atoms with Gasteiger partial charge in [0.2, 0.25) is 5.91 Å². The van der Waals surface area contributed by atoms with Crippen LogP contribution in [-0.4, -0.2) is 41.4 Å². The summed E-state index contributed by atoms with van der Waals surface area (Å²) in [6.07, 6.45) is 4.66. The first-order valence-corrected chi connectivity index (χ1v) is 9.90. The highest BCUT2D eigenvalue weighted by Crippen LogP contribution is 2.52. The second kappa shape index (κ2) is 6.12. The number of fused-ring (bicyclic) bond motifs is 2. The van der Waals surface area contributed by atoms with E-state index in [0.717, 1.165) is 32.6 Å². The van der Waals surface area contributed by atoms with E-state index in [1.807, 2.05) is 0 Å². The van der Waals surface area contributed by atoms with Gasteiger partial charge in [-0.15, -0.1) is 0 Å². The van der Waals surface area contributed by atoms with Crippen LogP contribution in [0.4, 0.5) is 0 Å². The van der Waals surface area contributed by atoms with Crippen molar-refractivity contribution in [3.63, 3.8) is 0 Å². The normalized spacial score (nSPS) is 34.4. The van der Waals surface area contributed by atoms with Crippen molar-refractivity contribution in [2.75, 3.05) is 19.6 Å². The molecule has 3 fully saturated rings. The Hall–Kier alpha value is -1.35. The summed E-state index contributed by atoms with van der Waals surface area (Å²) in [6.45, 7) is 11.1. The Kier molecular flexibility index (Phi) is 4.18. The van der Waals surface area contributed by atoms with E-state index >= 15 is 0 Å². The van der Waals surface area contributed by atoms with Crippen molar-refractivity contribution >= 4 is 5.91 Å². The molecule has 0 spiro atoms. The van der Waals surface area contributed by atoms with Gasteiger partial charge in [-0.2, -0.15) is 0 Å². The van der Waals surface area contributed by atoms with Crippen LogP contribution in [0.5, 0.6) is 0 Å². The standard InChI is InChI=1S/C22H32N2O/c1-21(2)11-19-12-22(3,15-21)16-24(19)20(25)18-9-10-23(14-18)13-17-7-5-4-6-8-17/h4-8,18-19H,9-16H2,1-3H3. The zero-order valence-electron chi connectivity index (χ0n) is 16.0. The maximum Gasteiger partial charge on any atom is 0.227 e. The lowest BCUT2D eigenvalue weighted by Crippen LogP contribution is -2.41. The van der Waals surface area contributed by atoms with Crippen LogP contribution < -0.4 is 0 Å². The summed E-state index contributed by atoms with van der Waals surface area (Å²) in [5, 5.41) is 0. The number of likely N-dealkylation sites (tertiary alicyclic amines) is 2. The second-order valence-electron chi connectivity index (χ2n) is 9.89. The highest BCUT2D eigenvalue weighted by atomic mass is 16.2. The number of amides is 1. The lowest BCUT2D eigenvalue weighted by atomic mass is 9.65. The van der Waals surface area contributed by atoms with E-state index in [-0.39, 0.29) is 5.92 Å². The summed E-state index contributed by atoms with van der Waals surface area (Å²) in [5.74, 6) is 0.636. The van der Waals surface area contributed by atoms with Gasteiger partial charge in [-0.25, -0.2) is 0 Å². The lowest BCUT2D eigenvalue weighted by Gasteiger charge is -2.39. The minimum atomic E-state index is 0.203. The molecule has 136 valence electrons. The molecule has 2 heterocycles. The van der Waals surface area contributed by atoms with Crippen LogP contribution in [0.3, 0.4) is 0 Å². The molecule has 1 aliphatic carbocycles. The number of hydrogen-bond acceptors (Lipinski definition) is 2. The van der Waals surface area contributed by atoms with Gasteiger partial charge < -0.3 is 4.90 Å². The van der Waals surface area contributed by atoms with Gasteiger partial charge >= 0.3 is 0 Å². The molecule has 2 aliphatic heterocycles. The monoisotopic (exact) mass is 340 g/mol. The molecule has 1 amide bonds. The number of carbonyl (C=O) groups is 1. The Bertz CT molecular complexity index is 641. The van der Waals surface area contributed by atoms with Gasteiger partial charge in [-0.3, -0.25) is 9.69 Å². The summed E-state index contributed by atoms with van der Waals surface area (Å²) in [6, 6.07) is 11.1. The van der Waals surface area contributed by atoms with Crippen LogP contribution in [0.25, 0.3) is 0 Å². The van der Waals surface area contributed by atoms with E-state index in [2.05, 4.69) is 60.9 Å². The van der Waals surface area contributed by atoms with Crippen molar-refractivity contribution in [3.8, 4) is 0 Å². The van der Waals surface area contributed by atoms with Crippen LogP contribution in [-0.2, 0) is 11.3 Å². The summed E-state index contributed by atoms with van der Waals surface area (Å²) < 4.78 is 0. The Balaban J connectivity index is 1.39. The van der Waals surface area contributed by atoms with Crippen LogP contribution in [0.1, 0.15) is 52.0 Å². The van der Waals surface area contributed by atoms with Crippen LogP contribution >= 0.6 is 0 Å². The number of rotatable bonds is 3. The zero-order chi connectivity index (χ0) is 17.7. The first-order chi connectivity index (χ1) is 11.8. The minimum absolute atomic E-state index is 0.203. The highest BCUT2D eigenvalue weighted by molar-refractivity contribution is 5.80. The molecular weight excluding hydrogens is 308 g/mol. The molecule has 1 aromatic carbocycles. The summed E-state index contributed by atoms with van der Waals surface area (Å²) in [7, 11) is 0. The fourth-order valence-electron chi connectivity index (χ4n) is 5.97. The number of carbonyl (C=O) groups excluding carboxylic acids is 1. The SMILES string of the molecule is CC1(C)CC2CC(C)(CN2C(=O)C2CCN(Cc3ccccc3)C2)C1. The molecule has 3 nitrogen and oxygen atoms in total.